The third-order valence-electron chi connectivity index (χ3n) is 4.51. The molecular weight excluding hydrogens is 374 g/mol. The van der Waals surface area contributed by atoms with Gasteiger partial charge in [0.15, 0.2) is 0 Å². The second kappa shape index (κ2) is 8.61. The number of thiophene rings is 1. The lowest BCUT2D eigenvalue weighted by molar-refractivity contribution is -0.139. The van der Waals surface area contributed by atoms with Crippen molar-refractivity contribution in [1.82, 2.24) is 4.90 Å². The van der Waals surface area contributed by atoms with Gasteiger partial charge in [-0.2, -0.15) is 0 Å². The van der Waals surface area contributed by atoms with Gasteiger partial charge >= 0.3 is 0 Å². The molecule has 1 aliphatic rings. The number of ether oxygens (including phenoxy) is 1. The Morgan fingerprint density at radius 1 is 1.25 bits per heavy atom. The van der Waals surface area contributed by atoms with E-state index < -0.39 is 17.7 Å². The number of hydrogen-bond acceptors (Lipinski definition) is 5. The summed E-state index contributed by atoms with van der Waals surface area (Å²) in [5.41, 5.74) is 0.610. The summed E-state index contributed by atoms with van der Waals surface area (Å²) in [5.74, 6) is -0.374. The lowest BCUT2D eigenvalue weighted by atomic mass is 9.99. The second-order valence-corrected chi connectivity index (χ2v) is 8.22. The number of nitrogens with zero attached hydrogens (tertiary/aromatic N) is 1. The van der Waals surface area contributed by atoms with Gasteiger partial charge < -0.3 is 14.7 Å². The summed E-state index contributed by atoms with van der Waals surface area (Å²) in [7, 11) is 0. The Balaban J connectivity index is 2.05. The number of rotatable bonds is 7. The summed E-state index contributed by atoms with van der Waals surface area (Å²) in [6.07, 6.45) is 0.730. The molecule has 1 amide bonds. The van der Waals surface area contributed by atoms with Crippen molar-refractivity contribution in [2.75, 3.05) is 13.2 Å². The maximum Gasteiger partial charge on any atom is 0.295 e. The first-order valence-corrected chi connectivity index (χ1v) is 10.4. The van der Waals surface area contributed by atoms with Gasteiger partial charge in [0.1, 0.15) is 11.5 Å². The summed E-state index contributed by atoms with van der Waals surface area (Å²) in [4.78, 5) is 27.8. The van der Waals surface area contributed by atoms with E-state index in [0.717, 1.165) is 11.3 Å². The standard InChI is InChI=1S/C22H25NO4S/c1-4-10-23-19(17-9-6-11-28-17)18(21(25)22(23)26)20(24)15-7-5-8-16(12-15)27-13-14(2)3/h5-9,11-12,14,19,24H,4,10,13H2,1-3H3/b20-18-. The first-order chi connectivity index (χ1) is 13.4. The van der Waals surface area contributed by atoms with Crippen LogP contribution in [0.2, 0.25) is 0 Å². The van der Waals surface area contributed by atoms with Crippen LogP contribution in [-0.4, -0.2) is 34.8 Å². The molecule has 1 aromatic heterocycles. The van der Waals surface area contributed by atoms with Gasteiger partial charge in [0, 0.05) is 17.0 Å². The highest BCUT2D eigenvalue weighted by Gasteiger charge is 2.46. The van der Waals surface area contributed by atoms with Gasteiger partial charge in [-0.3, -0.25) is 9.59 Å². The van der Waals surface area contributed by atoms with Gasteiger partial charge in [-0.25, -0.2) is 0 Å². The van der Waals surface area contributed by atoms with Crippen LogP contribution in [0.5, 0.6) is 5.75 Å². The lowest BCUT2D eigenvalue weighted by Gasteiger charge is -2.23. The molecule has 28 heavy (non-hydrogen) atoms. The molecule has 1 aliphatic heterocycles. The number of hydrogen-bond donors (Lipinski definition) is 1. The van der Waals surface area contributed by atoms with Crippen LogP contribution in [0, 0.1) is 5.92 Å². The summed E-state index contributed by atoms with van der Waals surface area (Å²) >= 11 is 1.47. The van der Waals surface area contributed by atoms with Crippen LogP contribution in [0.3, 0.4) is 0 Å². The molecule has 2 aromatic rings. The molecule has 0 bridgehead atoms. The van der Waals surface area contributed by atoms with E-state index in [9.17, 15) is 14.7 Å². The van der Waals surface area contributed by atoms with Crippen molar-refractivity contribution in [1.29, 1.82) is 0 Å². The number of aliphatic hydroxyl groups is 1. The van der Waals surface area contributed by atoms with Crippen molar-refractivity contribution in [3.8, 4) is 5.75 Å². The van der Waals surface area contributed by atoms with Crippen LogP contribution in [0.1, 0.15) is 43.7 Å². The van der Waals surface area contributed by atoms with Crippen LogP contribution >= 0.6 is 11.3 Å². The molecule has 1 aromatic carbocycles. The molecule has 1 atom stereocenters. The third kappa shape index (κ3) is 3.97. The van der Waals surface area contributed by atoms with Crippen molar-refractivity contribution >= 4 is 28.8 Å². The quantitative estimate of drug-likeness (QED) is 0.419. The van der Waals surface area contributed by atoms with Gasteiger partial charge in [0.25, 0.3) is 11.7 Å². The van der Waals surface area contributed by atoms with E-state index >= 15 is 0 Å². The van der Waals surface area contributed by atoms with E-state index in [2.05, 4.69) is 13.8 Å². The Labute approximate surface area is 169 Å². The van der Waals surface area contributed by atoms with E-state index in [0.29, 0.717) is 30.4 Å². The van der Waals surface area contributed by atoms with Gasteiger partial charge in [0.05, 0.1) is 18.2 Å². The highest BCUT2D eigenvalue weighted by molar-refractivity contribution is 7.10. The Morgan fingerprint density at radius 2 is 2.04 bits per heavy atom. The molecule has 0 spiro atoms. The molecule has 6 heteroatoms. The van der Waals surface area contributed by atoms with Crippen molar-refractivity contribution in [3.63, 3.8) is 0 Å². The van der Waals surface area contributed by atoms with Crippen LogP contribution < -0.4 is 4.74 Å². The second-order valence-electron chi connectivity index (χ2n) is 7.24. The third-order valence-corrected chi connectivity index (χ3v) is 5.43. The minimum Gasteiger partial charge on any atom is -0.507 e. The van der Waals surface area contributed by atoms with Gasteiger partial charge in [-0.05, 0) is 35.9 Å². The predicted octanol–water partition coefficient (Wildman–Crippen LogP) is 4.61. The number of amides is 1. The fourth-order valence-electron chi connectivity index (χ4n) is 3.25. The molecule has 1 fully saturated rings. The molecule has 148 valence electrons. The van der Waals surface area contributed by atoms with Gasteiger partial charge in [0.2, 0.25) is 0 Å². The van der Waals surface area contributed by atoms with Gasteiger partial charge in [-0.1, -0.05) is 39.0 Å². The normalized spacial score (nSPS) is 18.9. The Kier molecular flexibility index (Phi) is 6.19. The average molecular weight is 400 g/mol. The number of carbonyl (C=O) groups is 2. The van der Waals surface area contributed by atoms with Gasteiger partial charge in [-0.15, -0.1) is 11.3 Å². The highest BCUT2D eigenvalue weighted by atomic mass is 32.1. The SMILES string of the molecule is CCCN1C(=O)C(=O)/C(=C(\O)c2cccc(OCC(C)C)c2)C1c1cccs1. The first-order valence-electron chi connectivity index (χ1n) is 9.49. The number of benzene rings is 1. The first kappa shape index (κ1) is 20.1. The fraction of sp³-hybridized carbons (Fsp3) is 0.364. The highest BCUT2D eigenvalue weighted by Crippen LogP contribution is 2.41. The predicted molar refractivity (Wildman–Crippen MR) is 110 cm³/mol. The molecule has 0 aliphatic carbocycles. The molecule has 0 radical (unpaired) electrons. The van der Waals surface area contributed by atoms with Crippen molar-refractivity contribution in [3.05, 3.63) is 57.8 Å². The number of aliphatic hydroxyl groups excluding tert-OH is 1. The van der Waals surface area contributed by atoms with E-state index in [-0.39, 0.29) is 11.3 Å². The van der Waals surface area contributed by atoms with Crippen LogP contribution in [0.4, 0.5) is 0 Å². The molecule has 1 N–H and O–H groups in total. The zero-order valence-corrected chi connectivity index (χ0v) is 17.2. The largest absolute Gasteiger partial charge is 0.507 e. The zero-order chi connectivity index (χ0) is 20.3. The maximum absolute atomic E-state index is 12.8. The van der Waals surface area contributed by atoms with Crippen LogP contribution in [-0.2, 0) is 9.59 Å². The molecule has 1 unspecified atom stereocenters. The minimum atomic E-state index is -0.641. The Hall–Kier alpha value is -2.60. The topological polar surface area (TPSA) is 66.8 Å². The van der Waals surface area contributed by atoms with E-state index in [1.807, 2.05) is 30.5 Å². The van der Waals surface area contributed by atoms with E-state index in [1.54, 1.807) is 23.1 Å². The van der Waals surface area contributed by atoms with Crippen LogP contribution in [0.25, 0.3) is 5.76 Å². The summed E-state index contributed by atoms with van der Waals surface area (Å²) < 4.78 is 5.73. The maximum atomic E-state index is 12.8. The monoisotopic (exact) mass is 399 g/mol. The average Bonchev–Trinajstić information content (AvgIpc) is 3.29. The smallest absolute Gasteiger partial charge is 0.295 e. The van der Waals surface area contributed by atoms with E-state index in [1.165, 1.54) is 11.3 Å². The zero-order valence-electron chi connectivity index (χ0n) is 16.3. The molecule has 1 saturated heterocycles. The Bertz CT molecular complexity index is 886. The molecule has 2 heterocycles. The minimum absolute atomic E-state index is 0.141. The number of Topliss-reactive ketones (excluding diaryl/α,β-unsaturated/α-hetero) is 1. The summed E-state index contributed by atoms with van der Waals surface area (Å²) in [6, 6.07) is 10.2. The van der Waals surface area contributed by atoms with Crippen molar-refractivity contribution in [2.45, 2.75) is 33.2 Å². The molecule has 0 saturated carbocycles. The summed E-state index contributed by atoms with van der Waals surface area (Å²) in [5, 5.41) is 12.9. The van der Waals surface area contributed by atoms with E-state index in [4.69, 9.17) is 4.74 Å². The number of likely N-dealkylation sites (tertiary alicyclic amines) is 1. The number of carbonyl (C=O) groups excluding carboxylic acids is 2. The summed E-state index contributed by atoms with van der Waals surface area (Å²) in [6.45, 7) is 7.09. The molecule has 3 rings (SSSR count). The number of ketones is 1. The van der Waals surface area contributed by atoms with Crippen molar-refractivity contribution < 1.29 is 19.4 Å². The van der Waals surface area contributed by atoms with Crippen molar-refractivity contribution in [2.24, 2.45) is 5.92 Å². The lowest BCUT2D eigenvalue weighted by Crippen LogP contribution is -2.30. The molecule has 5 nitrogen and oxygen atoms in total. The van der Waals surface area contributed by atoms with Crippen LogP contribution in [0.15, 0.2) is 47.4 Å². The molecular formula is C22H25NO4S. The fourth-order valence-corrected chi connectivity index (χ4v) is 4.09. The Morgan fingerprint density at radius 3 is 2.68 bits per heavy atom.